The standard InChI is InChI=1S/C10H8N2O4/c11-10-12-9(15)4-8(16-10)6-2-1-5(13)3-7(6)14/h1-4,13-14H,(H2,11,12,15). The van der Waals surface area contributed by atoms with Crippen LogP contribution in [0.1, 0.15) is 0 Å². The molecule has 16 heavy (non-hydrogen) atoms. The zero-order valence-corrected chi connectivity index (χ0v) is 8.04. The Kier molecular flexibility index (Phi) is 2.24. The molecule has 0 aliphatic rings. The maximum atomic E-state index is 11.1. The third-order valence-electron chi connectivity index (χ3n) is 1.94. The van der Waals surface area contributed by atoms with Crippen molar-refractivity contribution in [2.24, 2.45) is 0 Å². The largest absolute Gasteiger partial charge is 0.508 e. The topological polar surface area (TPSA) is 110 Å². The first kappa shape index (κ1) is 10.0. The molecule has 0 aliphatic heterocycles. The number of aromatic hydroxyl groups is 2. The van der Waals surface area contributed by atoms with Crippen molar-refractivity contribution in [1.29, 1.82) is 0 Å². The highest BCUT2D eigenvalue weighted by molar-refractivity contribution is 5.66. The first-order valence-corrected chi connectivity index (χ1v) is 4.36. The Morgan fingerprint density at radius 2 is 2.00 bits per heavy atom. The molecule has 0 atom stereocenters. The van der Waals surface area contributed by atoms with E-state index in [-0.39, 0.29) is 28.8 Å². The minimum atomic E-state index is -0.564. The van der Waals surface area contributed by atoms with Gasteiger partial charge >= 0.3 is 0 Å². The summed E-state index contributed by atoms with van der Waals surface area (Å²) in [6.07, 6.45) is 0. The molecule has 1 aromatic heterocycles. The molecule has 0 amide bonds. The number of nitrogens with two attached hydrogens (primary N) is 1. The number of hydrogen-bond donors (Lipinski definition) is 3. The molecular formula is C10H8N2O4. The molecule has 0 saturated heterocycles. The van der Waals surface area contributed by atoms with Crippen LogP contribution in [0.5, 0.6) is 11.5 Å². The summed E-state index contributed by atoms with van der Waals surface area (Å²) in [4.78, 5) is 14.4. The normalized spacial score (nSPS) is 10.2. The van der Waals surface area contributed by atoms with Crippen molar-refractivity contribution in [1.82, 2.24) is 4.98 Å². The average Bonchev–Trinajstić information content (AvgIpc) is 2.15. The summed E-state index contributed by atoms with van der Waals surface area (Å²) >= 11 is 0. The number of nitrogen functional groups attached to an aromatic ring is 1. The molecule has 0 spiro atoms. The predicted octanol–water partition coefficient (Wildman–Crippen LogP) is 0.695. The fourth-order valence-electron chi connectivity index (χ4n) is 1.28. The third-order valence-corrected chi connectivity index (χ3v) is 1.94. The molecule has 0 fully saturated rings. The number of phenols is 2. The van der Waals surface area contributed by atoms with Crippen molar-refractivity contribution < 1.29 is 14.6 Å². The van der Waals surface area contributed by atoms with E-state index in [2.05, 4.69) is 4.98 Å². The molecule has 1 heterocycles. The van der Waals surface area contributed by atoms with Gasteiger partial charge in [0.2, 0.25) is 0 Å². The highest BCUT2D eigenvalue weighted by atomic mass is 16.4. The summed E-state index contributed by atoms with van der Waals surface area (Å²) < 4.78 is 4.99. The van der Waals surface area contributed by atoms with Crippen LogP contribution in [0.3, 0.4) is 0 Å². The van der Waals surface area contributed by atoms with E-state index in [9.17, 15) is 9.90 Å². The number of hydrogen-bond acceptors (Lipinski definition) is 6. The first-order chi connectivity index (χ1) is 7.56. The maximum Gasteiger partial charge on any atom is 0.295 e. The molecule has 0 unspecified atom stereocenters. The lowest BCUT2D eigenvalue weighted by atomic mass is 10.1. The van der Waals surface area contributed by atoms with E-state index in [0.29, 0.717) is 0 Å². The molecule has 6 heteroatoms. The fourth-order valence-corrected chi connectivity index (χ4v) is 1.28. The molecule has 0 aliphatic carbocycles. The van der Waals surface area contributed by atoms with Gasteiger partial charge in [0, 0.05) is 12.1 Å². The Labute approximate surface area is 89.6 Å². The van der Waals surface area contributed by atoms with E-state index in [1.807, 2.05) is 0 Å². The zero-order valence-electron chi connectivity index (χ0n) is 8.04. The van der Waals surface area contributed by atoms with E-state index in [1.165, 1.54) is 12.1 Å². The van der Waals surface area contributed by atoms with Gasteiger partial charge in [0.15, 0.2) is 0 Å². The molecule has 0 bridgehead atoms. The number of benzene rings is 1. The van der Waals surface area contributed by atoms with E-state index < -0.39 is 5.56 Å². The van der Waals surface area contributed by atoms with Gasteiger partial charge in [-0.3, -0.25) is 4.79 Å². The van der Waals surface area contributed by atoms with Gasteiger partial charge < -0.3 is 20.4 Å². The predicted molar refractivity (Wildman–Crippen MR) is 56.0 cm³/mol. The molecule has 2 rings (SSSR count). The molecular weight excluding hydrogens is 212 g/mol. The monoisotopic (exact) mass is 220 g/mol. The molecule has 0 radical (unpaired) electrons. The minimum absolute atomic E-state index is 0.0920. The van der Waals surface area contributed by atoms with Crippen LogP contribution in [0.15, 0.2) is 33.5 Å². The lowest BCUT2D eigenvalue weighted by Crippen LogP contribution is -2.07. The first-order valence-electron chi connectivity index (χ1n) is 4.36. The quantitative estimate of drug-likeness (QED) is 0.652. The number of anilines is 1. The SMILES string of the molecule is Nc1nc(=O)cc(-c2ccc(O)cc2O)o1. The Morgan fingerprint density at radius 1 is 1.25 bits per heavy atom. The van der Waals surface area contributed by atoms with Gasteiger partial charge in [0.05, 0.1) is 5.56 Å². The summed E-state index contributed by atoms with van der Waals surface area (Å²) in [7, 11) is 0. The van der Waals surface area contributed by atoms with Crippen LogP contribution in [0.25, 0.3) is 11.3 Å². The van der Waals surface area contributed by atoms with Crippen molar-refractivity contribution in [3.63, 3.8) is 0 Å². The lowest BCUT2D eigenvalue weighted by Gasteiger charge is -2.03. The van der Waals surface area contributed by atoms with Crippen LogP contribution in [0, 0.1) is 0 Å². The number of rotatable bonds is 1. The van der Waals surface area contributed by atoms with E-state index in [1.54, 1.807) is 0 Å². The van der Waals surface area contributed by atoms with Crippen LogP contribution in [0.4, 0.5) is 6.01 Å². The fraction of sp³-hybridized carbons (Fsp3) is 0. The van der Waals surface area contributed by atoms with Gasteiger partial charge in [-0.1, -0.05) is 0 Å². The molecule has 1 aromatic carbocycles. The number of phenolic OH excluding ortho intramolecular Hbond substituents is 2. The van der Waals surface area contributed by atoms with Crippen LogP contribution in [-0.4, -0.2) is 15.2 Å². The number of aromatic nitrogens is 1. The van der Waals surface area contributed by atoms with E-state index in [4.69, 9.17) is 15.3 Å². The summed E-state index contributed by atoms with van der Waals surface area (Å²) in [6, 6.07) is 4.71. The molecule has 82 valence electrons. The maximum absolute atomic E-state index is 11.1. The summed E-state index contributed by atoms with van der Waals surface area (Å²) in [5, 5.41) is 18.6. The Bertz CT molecular complexity index is 592. The van der Waals surface area contributed by atoms with Crippen LogP contribution in [0.2, 0.25) is 0 Å². The smallest absolute Gasteiger partial charge is 0.295 e. The summed E-state index contributed by atoms with van der Waals surface area (Å²) in [5.41, 5.74) is 4.96. The van der Waals surface area contributed by atoms with Crippen LogP contribution in [-0.2, 0) is 0 Å². The van der Waals surface area contributed by atoms with Crippen molar-refractivity contribution in [2.45, 2.75) is 0 Å². The van der Waals surface area contributed by atoms with Gasteiger partial charge in [0.25, 0.3) is 11.6 Å². The van der Waals surface area contributed by atoms with Crippen LogP contribution >= 0.6 is 0 Å². The van der Waals surface area contributed by atoms with Gasteiger partial charge in [0.1, 0.15) is 17.3 Å². The van der Waals surface area contributed by atoms with Gasteiger partial charge in [-0.25, -0.2) is 0 Å². The molecule has 2 aromatic rings. The highest BCUT2D eigenvalue weighted by Gasteiger charge is 2.09. The third kappa shape index (κ3) is 1.81. The zero-order chi connectivity index (χ0) is 11.7. The van der Waals surface area contributed by atoms with E-state index >= 15 is 0 Å². The van der Waals surface area contributed by atoms with Crippen molar-refractivity contribution in [3.8, 4) is 22.8 Å². The van der Waals surface area contributed by atoms with Gasteiger partial charge in [-0.05, 0) is 12.1 Å². The minimum Gasteiger partial charge on any atom is -0.508 e. The molecule has 6 nitrogen and oxygen atoms in total. The second kappa shape index (κ2) is 3.58. The van der Waals surface area contributed by atoms with E-state index in [0.717, 1.165) is 12.1 Å². The summed E-state index contributed by atoms with van der Waals surface area (Å²) in [6.45, 7) is 0. The number of nitrogens with zero attached hydrogens (tertiary/aromatic N) is 1. The van der Waals surface area contributed by atoms with Crippen molar-refractivity contribution in [3.05, 3.63) is 34.6 Å². The second-order valence-electron chi connectivity index (χ2n) is 3.10. The van der Waals surface area contributed by atoms with Crippen molar-refractivity contribution >= 4 is 6.01 Å². The van der Waals surface area contributed by atoms with Crippen LogP contribution < -0.4 is 11.3 Å². The Balaban J connectivity index is 2.63. The van der Waals surface area contributed by atoms with Gasteiger partial charge in [-0.15, -0.1) is 0 Å². The Hall–Kier alpha value is -2.50. The highest BCUT2D eigenvalue weighted by Crippen LogP contribution is 2.31. The van der Waals surface area contributed by atoms with Gasteiger partial charge in [-0.2, -0.15) is 4.98 Å². The van der Waals surface area contributed by atoms with Crippen molar-refractivity contribution in [2.75, 3.05) is 5.73 Å². The average molecular weight is 220 g/mol. The lowest BCUT2D eigenvalue weighted by molar-refractivity contribution is 0.450. The summed E-state index contributed by atoms with van der Waals surface area (Å²) in [5.74, 6) is -0.214. The molecule has 4 N–H and O–H groups in total. The Morgan fingerprint density at radius 3 is 2.62 bits per heavy atom. The second-order valence-corrected chi connectivity index (χ2v) is 3.10. The molecule has 0 saturated carbocycles.